The predicted octanol–water partition coefficient (Wildman–Crippen LogP) is 1.66. The molecule has 1 atom stereocenters. The summed E-state index contributed by atoms with van der Waals surface area (Å²) >= 11 is 0. The molecule has 1 aromatic carbocycles. The lowest BCUT2D eigenvalue weighted by Gasteiger charge is -2.23. The highest BCUT2D eigenvalue weighted by Crippen LogP contribution is 2.15. The minimum Gasteiger partial charge on any atom is -0.435 e. The summed E-state index contributed by atoms with van der Waals surface area (Å²) in [5.74, 6) is 0.246. The van der Waals surface area contributed by atoms with E-state index in [1.54, 1.807) is 12.1 Å². The minimum absolute atomic E-state index is 0.0894. The van der Waals surface area contributed by atoms with E-state index in [1.165, 1.54) is 12.1 Å². The Hall–Kier alpha value is -1.69. The van der Waals surface area contributed by atoms with Crippen molar-refractivity contribution in [2.75, 3.05) is 6.54 Å². The summed E-state index contributed by atoms with van der Waals surface area (Å²) in [6, 6.07) is 6.78. The van der Waals surface area contributed by atoms with Crippen LogP contribution in [0.3, 0.4) is 0 Å². The van der Waals surface area contributed by atoms with Crippen molar-refractivity contribution < 1.29 is 18.3 Å². The zero-order chi connectivity index (χ0) is 13.7. The van der Waals surface area contributed by atoms with Crippen molar-refractivity contribution in [1.29, 1.82) is 0 Å². The van der Waals surface area contributed by atoms with Gasteiger partial charge in [-0.05, 0) is 24.1 Å². The molecule has 1 fully saturated rings. The van der Waals surface area contributed by atoms with Crippen LogP contribution in [0.4, 0.5) is 8.78 Å². The number of alkyl halides is 2. The van der Waals surface area contributed by atoms with E-state index in [0.717, 1.165) is 12.0 Å². The van der Waals surface area contributed by atoms with Crippen molar-refractivity contribution in [2.45, 2.75) is 32.0 Å². The van der Waals surface area contributed by atoms with Gasteiger partial charge in [0.1, 0.15) is 5.75 Å². The molecule has 0 bridgehead atoms. The summed E-state index contributed by atoms with van der Waals surface area (Å²) in [5, 5.41) is 6.11. The summed E-state index contributed by atoms with van der Waals surface area (Å²) in [7, 11) is 0. The first-order chi connectivity index (χ1) is 9.13. The molecule has 0 spiro atoms. The molecule has 1 aliphatic rings. The summed E-state index contributed by atoms with van der Waals surface area (Å²) < 4.78 is 28.2. The largest absolute Gasteiger partial charge is 0.435 e. The van der Waals surface area contributed by atoms with Crippen LogP contribution < -0.4 is 15.4 Å². The van der Waals surface area contributed by atoms with E-state index in [1.807, 2.05) is 0 Å². The number of carbonyl (C=O) groups excluding carboxylic acids is 1. The van der Waals surface area contributed by atoms with Crippen LogP contribution in [0.5, 0.6) is 5.75 Å². The van der Waals surface area contributed by atoms with Gasteiger partial charge in [0.05, 0.1) is 0 Å². The molecule has 1 amide bonds. The molecule has 0 aliphatic carbocycles. The molecule has 0 aromatic heterocycles. The number of hydrogen-bond donors (Lipinski definition) is 2. The number of halogens is 2. The number of carbonyl (C=O) groups is 1. The van der Waals surface area contributed by atoms with Crippen LogP contribution in [-0.4, -0.2) is 25.1 Å². The Kier molecular flexibility index (Phi) is 4.68. The van der Waals surface area contributed by atoms with E-state index in [-0.39, 0.29) is 17.7 Å². The molecule has 4 nitrogen and oxygen atoms in total. The second kappa shape index (κ2) is 6.47. The van der Waals surface area contributed by atoms with Crippen molar-refractivity contribution in [3.63, 3.8) is 0 Å². The van der Waals surface area contributed by atoms with E-state index in [2.05, 4.69) is 15.4 Å². The van der Waals surface area contributed by atoms with Gasteiger partial charge >= 0.3 is 6.61 Å². The number of piperidine rings is 1. The monoisotopic (exact) mass is 270 g/mol. The molecule has 19 heavy (non-hydrogen) atoms. The molecule has 6 heteroatoms. The van der Waals surface area contributed by atoms with E-state index in [0.29, 0.717) is 19.5 Å². The molecule has 0 saturated carbocycles. The van der Waals surface area contributed by atoms with E-state index < -0.39 is 6.61 Å². The number of ether oxygens (including phenoxy) is 1. The van der Waals surface area contributed by atoms with E-state index in [4.69, 9.17) is 0 Å². The van der Waals surface area contributed by atoms with Gasteiger partial charge < -0.3 is 15.4 Å². The van der Waals surface area contributed by atoms with Gasteiger partial charge in [-0.3, -0.25) is 4.79 Å². The lowest BCUT2D eigenvalue weighted by molar-refractivity contribution is -0.122. The van der Waals surface area contributed by atoms with Crippen molar-refractivity contribution in [2.24, 2.45) is 0 Å². The summed E-state index contributed by atoms with van der Waals surface area (Å²) in [4.78, 5) is 11.0. The lowest BCUT2D eigenvalue weighted by atomic mass is 10.1. The Bertz CT molecular complexity index is 413. The van der Waals surface area contributed by atoms with Gasteiger partial charge in [0.2, 0.25) is 5.91 Å². The molecule has 0 radical (unpaired) electrons. The van der Waals surface area contributed by atoms with Gasteiger partial charge in [0.15, 0.2) is 0 Å². The summed E-state index contributed by atoms with van der Waals surface area (Å²) in [6.07, 6.45) is 1.36. The number of hydrogen-bond acceptors (Lipinski definition) is 3. The van der Waals surface area contributed by atoms with Crippen LogP contribution >= 0.6 is 0 Å². The third kappa shape index (κ3) is 4.48. The van der Waals surface area contributed by atoms with Gasteiger partial charge in [-0.1, -0.05) is 12.1 Å². The van der Waals surface area contributed by atoms with E-state index in [9.17, 15) is 13.6 Å². The van der Waals surface area contributed by atoms with E-state index >= 15 is 0 Å². The molecule has 1 aromatic rings. The standard InChI is InChI=1S/C13H16F2N2O2/c14-13(15)19-11-4-1-9(2-5-11)7-16-10-3-6-12(18)17-8-10/h1-2,4-5,10,13,16H,3,6-8H2,(H,17,18). The highest BCUT2D eigenvalue weighted by atomic mass is 19.3. The normalized spacial score (nSPS) is 19.3. The van der Waals surface area contributed by atoms with Crippen molar-refractivity contribution >= 4 is 5.91 Å². The maximum absolute atomic E-state index is 12.0. The molecule has 1 saturated heterocycles. The fourth-order valence-electron chi connectivity index (χ4n) is 1.96. The fraction of sp³-hybridized carbons (Fsp3) is 0.462. The number of rotatable bonds is 5. The molecule has 1 unspecified atom stereocenters. The first kappa shape index (κ1) is 13.7. The van der Waals surface area contributed by atoms with Crippen LogP contribution in [0.2, 0.25) is 0 Å². The Morgan fingerprint density at radius 3 is 2.68 bits per heavy atom. The van der Waals surface area contributed by atoms with Crippen LogP contribution in [-0.2, 0) is 11.3 Å². The third-order valence-corrected chi connectivity index (χ3v) is 3.01. The SMILES string of the molecule is O=C1CCC(NCc2ccc(OC(F)F)cc2)CN1. The average molecular weight is 270 g/mol. The van der Waals surface area contributed by atoms with Crippen molar-refractivity contribution in [3.05, 3.63) is 29.8 Å². The fourth-order valence-corrected chi connectivity index (χ4v) is 1.96. The number of nitrogens with one attached hydrogen (secondary N) is 2. The van der Waals surface area contributed by atoms with Crippen LogP contribution in [0.1, 0.15) is 18.4 Å². The number of benzene rings is 1. The summed E-state index contributed by atoms with van der Waals surface area (Å²) in [6.45, 7) is -1.53. The summed E-state index contributed by atoms with van der Waals surface area (Å²) in [5.41, 5.74) is 0.985. The van der Waals surface area contributed by atoms with Crippen molar-refractivity contribution in [3.8, 4) is 5.75 Å². The van der Waals surface area contributed by atoms with Crippen LogP contribution in [0.15, 0.2) is 24.3 Å². The van der Waals surface area contributed by atoms with Crippen LogP contribution in [0, 0.1) is 0 Å². The Labute approximate surface area is 110 Å². The molecular formula is C13H16F2N2O2. The van der Waals surface area contributed by atoms with Gasteiger partial charge in [-0.15, -0.1) is 0 Å². The Morgan fingerprint density at radius 1 is 1.37 bits per heavy atom. The van der Waals surface area contributed by atoms with Gasteiger partial charge in [0, 0.05) is 25.6 Å². The molecular weight excluding hydrogens is 254 g/mol. The maximum atomic E-state index is 12.0. The van der Waals surface area contributed by atoms with Gasteiger partial charge in [-0.2, -0.15) is 8.78 Å². The highest BCUT2D eigenvalue weighted by molar-refractivity contribution is 5.76. The zero-order valence-electron chi connectivity index (χ0n) is 10.4. The maximum Gasteiger partial charge on any atom is 0.387 e. The van der Waals surface area contributed by atoms with Gasteiger partial charge in [-0.25, -0.2) is 0 Å². The first-order valence-corrected chi connectivity index (χ1v) is 6.17. The first-order valence-electron chi connectivity index (χ1n) is 6.17. The molecule has 1 aliphatic heterocycles. The van der Waals surface area contributed by atoms with Crippen molar-refractivity contribution in [1.82, 2.24) is 10.6 Å². The molecule has 2 N–H and O–H groups in total. The molecule has 2 rings (SSSR count). The second-order valence-electron chi connectivity index (χ2n) is 4.44. The second-order valence-corrected chi connectivity index (χ2v) is 4.44. The minimum atomic E-state index is -2.80. The topological polar surface area (TPSA) is 50.4 Å². The molecule has 104 valence electrons. The smallest absolute Gasteiger partial charge is 0.387 e. The zero-order valence-corrected chi connectivity index (χ0v) is 10.4. The molecule has 1 heterocycles. The van der Waals surface area contributed by atoms with Gasteiger partial charge in [0.25, 0.3) is 0 Å². The predicted molar refractivity (Wildman–Crippen MR) is 65.9 cm³/mol. The number of amides is 1. The highest BCUT2D eigenvalue weighted by Gasteiger charge is 2.16. The lowest BCUT2D eigenvalue weighted by Crippen LogP contribution is -2.45. The quantitative estimate of drug-likeness (QED) is 0.855. The Balaban J connectivity index is 1.78. The Morgan fingerprint density at radius 2 is 2.11 bits per heavy atom. The third-order valence-electron chi connectivity index (χ3n) is 3.01. The van der Waals surface area contributed by atoms with Crippen LogP contribution in [0.25, 0.3) is 0 Å². The average Bonchev–Trinajstić information content (AvgIpc) is 2.39.